The summed E-state index contributed by atoms with van der Waals surface area (Å²) in [6, 6.07) is 0. The second-order valence-electron chi connectivity index (χ2n) is 4.76. The zero-order valence-electron chi connectivity index (χ0n) is 9.47. The molecule has 2 aliphatic rings. The van der Waals surface area contributed by atoms with Crippen molar-refractivity contribution >= 4 is 5.97 Å². The van der Waals surface area contributed by atoms with Crippen molar-refractivity contribution in [3.63, 3.8) is 0 Å². The van der Waals surface area contributed by atoms with Crippen LogP contribution in [0.15, 0.2) is 0 Å². The Labute approximate surface area is 101 Å². The van der Waals surface area contributed by atoms with E-state index in [0.29, 0.717) is 18.7 Å². The second-order valence-corrected chi connectivity index (χ2v) is 4.76. The largest absolute Gasteiger partial charge is 0.465 e. The first-order valence-electron chi connectivity index (χ1n) is 5.86. The summed E-state index contributed by atoms with van der Waals surface area (Å²) in [5, 5.41) is 13.0. The predicted octanol–water partition coefficient (Wildman–Crippen LogP) is 0.577. The number of tetrazole rings is 1. The molecule has 0 radical (unpaired) electrons. The zero-order chi connectivity index (χ0) is 12.8. The van der Waals surface area contributed by atoms with Gasteiger partial charge in [0.05, 0.1) is 12.5 Å². The molecule has 1 N–H and O–H groups in total. The van der Waals surface area contributed by atoms with Gasteiger partial charge in [0.2, 0.25) is 0 Å². The highest BCUT2D eigenvalue weighted by atomic mass is 19.3. The quantitative estimate of drug-likeness (QED) is 0.799. The molecule has 0 unspecified atom stereocenters. The van der Waals surface area contributed by atoms with Crippen LogP contribution in [-0.4, -0.2) is 39.1 Å². The van der Waals surface area contributed by atoms with Gasteiger partial charge in [-0.25, -0.2) is 8.78 Å². The highest BCUT2D eigenvalue weighted by Crippen LogP contribution is 2.64. The van der Waals surface area contributed by atoms with Crippen LogP contribution in [0.4, 0.5) is 8.78 Å². The lowest BCUT2D eigenvalue weighted by molar-refractivity contribution is -0.148. The lowest BCUT2D eigenvalue weighted by Crippen LogP contribution is -2.21. The average molecular weight is 258 g/mol. The van der Waals surface area contributed by atoms with Gasteiger partial charge in [0.15, 0.2) is 5.82 Å². The SMILES string of the molecule is O=C(OCCc1nn[nH]n1)[C@H]1[C@H]2CCC(F)(F)[C@H]21. The molecule has 0 saturated heterocycles. The number of fused-ring (bicyclic) bond motifs is 1. The predicted molar refractivity (Wildman–Crippen MR) is 53.5 cm³/mol. The molecule has 3 rings (SSSR count). The summed E-state index contributed by atoms with van der Waals surface area (Å²) in [6.45, 7) is 0.0971. The van der Waals surface area contributed by atoms with Crippen LogP contribution in [0.2, 0.25) is 0 Å². The van der Waals surface area contributed by atoms with Crippen LogP contribution in [0.1, 0.15) is 18.7 Å². The topological polar surface area (TPSA) is 80.8 Å². The Kier molecular flexibility index (Phi) is 2.53. The highest BCUT2D eigenvalue weighted by molar-refractivity contribution is 5.77. The Morgan fingerprint density at radius 2 is 2.39 bits per heavy atom. The summed E-state index contributed by atoms with van der Waals surface area (Å²) in [7, 11) is 0. The fraction of sp³-hybridized carbons (Fsp3) is 0.800. The molecule has 1 aromatic heterocycles. The molecule has 0 spiro atoms. The number of hydrogen-bond donors (Lipinski definition) is 1. The van der Waals surface area contributed by atoms with E-state index in [1.54, 1.807) is 0 Å². The third kappa shape index (κ3) is 1.85. The smallest absolute Gasteiger partial charge is 0.309 e. The van der Waals surface area contributed by atoms with Gasteiger partial charge in [-0.1, -0.05) is 5.21 Å². The molecule has 1 heterocycles. The van der Waals surface area contributed by atoms with E-state index in [-0.39, 0.29) is 18.9 Å². The van der Waals surface area contributed by atoms with Gasteiger partial charge in [-0.05, 0) is 12.3 Å². The van der Waals surface area contributed by atoms with E-state index < -0.39 is 23.7 Å². The number of alkyl halides is 2. The number of rotatable bonds is 4. The summed E-state index contributed by atoms with van der Waals surface area (Å²) in [5.74, 6) is -4.37. The lowest BCUT2D eigenvalue weighted by atomic mass is 10.1. The molecule has 0 aromatic carbocycles. The molecule has 0 bridgehead atoms. The van der Waals surface area contributed by atoms with Crippen molar-refractivity contribution in [1.29, 1.82) is 0 Å². The number of nitrogens with one attached hydrogen (secondary N) is 1. The molecular weight excluding hydrogens is 246 g/mol. The van der Waals surface area contributed by atoms with E-state index in [9.17, 15) is 13.6 Å². The molecule has 2 fully saturated rings. The van der Waals surface area contributed by atoms with Crippen molar-refractivity contribution in [1.82, 2.24) is 20.6 Å². The Morgan fingerprint density at radius 1 is 1.56 bits per heavy atom. The van der Waals surface area contributed by atoms with E-state index in [1.807, 2.05) is 0 Å². The lowest BCUT2D eigenvalue weighted by Gasteiger charge is -2.12. The molecule has 8 heteroatoms. The molecule has 3 atom stereocenters. The van der Waals surface area contributed by atoms with Gasteiger partial charge in [0.1, 0.15) is 0 Å². The monoisotopic (exact) mass is 258 g/mol. The van der Waals surface area contributed by atoms with Gasteiger partial charge >= 0.3 is 5.97 Å². The number of nitrogens with zero attached hydrogens (tertiary/aromatic N) is 3. The maximum absolute atomic E-state index is 13.3. The first kappa shape index (κ1) is 11.5. The standard InChI is InChI=1S/C10H12F2N4O2/c11-10(12)3-1-5-7(8(5)10)9(17)18-4-2-6-13-15-16-14-6/h5,7-8H,1-4H2,(H,13,14,15,16)/t5-,7+,8-/m1/s1. The normalized spacial score (nSPS) is 32.0. The Balaban J connectivity index is 1.46. The Morgan fingerprint density at radius 3 is 3.00 bits per heavy atom. The van der Waals surface area contributed by atoms with Gasteiger partial charge in [-0.3, -0.25) is 4.79 Å². The van der Waals surface area contributed by atoms with Crippen LogP contribution in [-0.2, 0) is 16.0 Å². The summed E-state index contributed by atoms with van der Waals surface area (Å²) in [4.78, 5) is 11.6. The van der Waals surface area contributed by atoms with Gasteiger partial charge in [0, 0.05) is 18.8 Å². The molecular formula is C10H12F2N4O2. The molecule has 2 aliphatic carbocycles. The van der Waals surface area contributed by atoms with Crippen molar-refractivity contribution in [2.75, 3.05) is 6.61 Å². The number of H-pyrrole nitrogens is 1. The van der Waals surface area contributed by atoms with Crippen LogP contribution in [0.3, 0.4) is 0 Å². The van der Waals surface area contributed by atoms with Crippen molar-refractivity contribution in [2.24, 2.45) is 17.8 Å². The Hall–Kier alpha value is -1.60. The molecule has 1 aromatic rings. The minimum absolute atomic E-state index is 0.0971. The van der Waals surface area contributed by atoms with Crippen LogP contribution >= 0.6 is 0 Å². The summed E-state index contributed by atoms with van der Waals surface area (Å²) in [6.07, 6.45) is 0.651. The number of hydrogen-bond acceptors (Lipinski definition) is 5. The second kappa shape index (κ2) is 3.96. The van der Waals surface area contributed by atoms with Crippen LogP contribution in [0.25, 0.3) is 0 Å². The molecule has 0 amide bonds. The minimum Gasteiger partial charge on any atom is -0.465 e. The number of esters is 1. The van der Waals surface area contributed by atoms with E-state index >= 15 is 0 Å². The van der Waals surface area contributed by atoms with E-state index in [4.69, 9.17) is 4.74 Å². The third-order valence-corrected chi connectivity index (χ3v) is 3.70. The molecule has 6 nitrogen and oxygen atoms in total. The number of carbonyl (C=O) groups excluding carboxylic acids is 1. The van der Waals surface area contributed by atoms with Crippen molar-refractivity contribution < 1.29 is 18.3 Å². The molecule has 18 heavy (non-hydrogen) atoms. The number of aromatic nitrogens is 4. The van der Waals surface area contributed by atoms with Crippen molar-refractivity contribution in [2.45, 2.75) is 25.2 Å². The fourth-order valence-electron chi connectivity index (χ4n) is 2.78. The molecule has 2 saturated carbocycles. The van der Waals surface area contributed by atoms with Gasteiger partial charge < -0.3 is 4.74 Å². The number of halogens is 2. The van der Waals surface area contributed by atoms with Crippen molar-refractivity contribution in [3.8, 4) is 0 Å². The van der Waals surface area contributed by atoms with E-state index in [1.165, 1.54) is 0 Å². The summed E-state index contributed by atoms with van der Waals surface area (Å²) >= 11 is 0. The third-order valence-electron chi connectivity index (χ3n) is 3.70. The number of carbonyl (C=O) groups is 1. The molecule has 0 aliphatic heterocycles. The summed E-state index contributed by atoms with van der Waals surface area (Å²) in [5.41, 5.74) is 0. The van der Waals surface area contributed by atoms with Gasteiger partial charge in [-0.15, -0.1) is 10.2 Å². The minimum atomic E-state index is -2.69. The average Bonchev–Trinajstić information content (AvgIpc) is 2.68. The van der Waals surface area contributed by atoms with Crippen LogP contribution in [0.5, 0.6) is 0 Å². The highest BCUT2D eigenvalue weighted by Gasteiger charge is 2.70. The maximum atomic E-state index is 13.3. The number of ether oxygens (including phenoxy) is 1. The van der Waals surface area contributed by atoms with Crippen LogP contribution < -0.4 is 0 Å². The fourth-order valence-corrected chi connectivity index (χ4v) is 2.78. The van der Waals surface area contributed by atoms with Crippen molar-refractivity contribution in [3.05, 3.63) is 5.82 Å². The summed E-state index contributed by atoms with van der Waals surface area (Å²) < 4.78 is 31.6. The maximum Gasteiger partial charge on any atom is 0.309 e. The van der Waals surface area contributed by atoms with Gasteiger partial charge in [0.25, 0.3) is 5.92 Å². The zero-order valence-corrected chi connectivity index (χ0v) is 9.47. The first-order valence-corrected chi connectivity index (χ1v) is 5.86. The van der Waals surface area contributed by atoms with Crippen LogP contribution in [0, 0.1) is 17.8 Å². The van der Waals surface area contributed by atoms with E-state index in [2.05, 4.69) is 20.6 Å². The Bertz CT molecular complexity index is 451. The van der Waals surface area contributed by atoms with E-state index in [0.717, 1.165) is 0 Å². The first-order chi connectivity index (χ1) is 8.59. The number of aromatic amines is 1. The molecule has 98 valence electrons. The van der Waals surface area contributed by atoms with Gasteiger partial charge in [-0.2, -0.15) is 5.21 Å².